The van der Waals surface area contributed by atoms with Crippen LogP contribution in [0.2, 0.25) is 0 Å². The molecular weight excluding hydrogens is 180 g/mol. The van der Waals surface area contributed by atoms with Crippen molar-refractivity contribution >= 4 is 11.3 Å². The maximum Gasteiger partial charge on any atom is 0.171 e. The molecule has 0 atom stereocenters. The minimum absolute atomic E-state index is 0.373. The third-order valence-corrected chi connectivity index (χ3v) is 2.92. The molecule has 2 heteroatoms. The number of hydrogen-bond donors (Lipinski definition) is 1. The lowest BCUT2D eigenvalue weighted by atomic mass is 10.1. The second-order valence-corrected chi connectivity index (χ2v) is 4.02. The summed E-state index contributed by atoms with van der Waals surface area (Å²) in [6.45, 7) is 2.08. The molecule has 0 radical (unpaired) electrons. The zero-order chi connectivity index (χ0) is 9.26. The zero-order valence-corrected chi connectivity index (χ0v) is 8.14. The molecule has 0 spiro atoms. The molecule has 0 fully saturated rings. The van der Waals surface area contributed by atoms with Gasteiger partial charge in [0.05, 0.1) is 0 Å². The van der Waals surface area contributed by atoms with Crippen LogP contribution in [0.1, 0.15) is 5.56 Å². The van der Waals surface area contributed by atoms with Crippen molar-refractivity contribution in [1.29, 1.82) is 0 Å². The molecule has 0 amide bonds. The topological polar surface area (TPSA) is 20.2 Å². The quantitative estimate of drug-likeness (QED) is 0.730. The summed E-state index contributed by atoms with van der Waals surface area (Å²) in [5.41, 5.74) is 2.44. The predicted octanol–water partition coefficient (Wildman–Crippen LogP) is 3.43. The average Bonchev–Trinajstić information content (AvgIpc) is 2.53. The maximum absolute atomic E-state index is 9.22. The highest BCUT2D eigenvalue weighted by atomic mass is 32.1. The van der Waals surface area contributed by atoms with Gasteiger partial charge in [0.25, 0.3) is 0 Å². The molecule has 0 aliphatic heterocycles. The average molecular weight is 190 g/mol. The van der Waals surface area contributed by atoms with Gasteiger partial charge < -0.3 is 5.11 Å². The van der Waals surface area contributed by atoms with Gasteiger partial charge in [0.1, 0.15) is 0 Å². The van der Waals surface area contributed by atoms with E-state index in [9.17, 15) is 5.11 Å². The van der Waals surface area contributed by atoms with Crippen molar-refractivity contribution in [2.24, 2.45) is 0 Å². The molecule has 0 saturated carbocycles. The standard InChI is InChI=1S/C11H10OS/c1-8-4-2-3-5-9(8)10-6-7-11(12)13-10/h2-7,12H,1H3. The van der Waals surface area contributed by atoms with Crippen LogP contribution < -0.4 is 0 Å². The number of hydrogen-bond acceptors (Lipinski definition) is 2. The van der Waals surface area contributed by atoms with Crippen LogP contribution in [0.3, 0.4) is 0 Å². The van der Waals surface area contributed by atoms with E-state index in [1.54, 1.807) is 6.07 Å². The predicted molar refractivity (Wildman–Crippen MR) is 56.2 cm³/mol. The summed E-state index contributed by atoms with van der Waals surface area (Å²) >= 11 is 1.41. The van der Waals surface area contributed by atoms with Crippen LogP contribution in [0.25, 0.3) is 10.4 Å². The molecule has 0 aliphatic carbocycles. The van der Waals surface area contributed by atoms with Gasteiger partial charge in [-0.1, -0.05) is 35.6 Å². The largest absolute Gasteiger partial charge is 0.499 e. The molecule has 1 heterocycles. The molecule has 2 rings (SSSR count). The van der Waals surface area contributed by atoms with Crippen molar-refractivity contribution in [2.75, 3.05) is 0 Å². The minimum atomic E-state index is 0.373. The van der Waals surface area contributed by atoms with E-state index in [1.165, 1.54) is 22.5 Å². The highest BCUT2D eigenvalue weighted by molar-refractivity contribution is 7.17. The monoisotopic (exact) mass is 190 g/mol. The van der Waals surface area contributed by atoms with Crippen LogP contribution in [-0.2, 0) is 0 Å². The Balaban J connectivity index is 2.52. The van der Waals surface area contributed by atoms with Crippen molar-refractivity contribution < 1.29 is 5.11 Å². The van der Waals surface area contributed by atoms with Gasteiger partial charge in [-0.25, -0.2) is 0 Å². The summed E-state index contributed by atoms with van der Waals surface area (Å²) in [5, 5.41) is 9.60. The van der Waals surface area contributed by atoms with Gasteiger partial charge in [-0.3, -0.25) is 0 Å². The highest BCUT2D eigenvalue weighted by Crippen LogP contribution is 2.33. The first-order chi connectivity index (χ1) is 6.27. The first kappa shape index (κ1) is 8.32. The van der Waals surface area contributed by atoms with Crippen LogP contribution in [-0.4, -0.2) is 5.11 Å². The molecule has 1 aromatic carbocycles. The molecule has 0 bridgehead atoms. The summed E-state index contributed by atoms with van der Waals surface area (Å²) < 4.78 is 0. The molecule has 1 nitrogen and oxygen atoms in total. The molecule has 2 aromatic rings. The van der Waals surface area contributed by atoms with Gasteiger partial charge in [-0.05, 0) is 30.2 Å². The van der Waals surface area contributed by atoms with Crippen LogP contribution in [0.5, 0.6) is 5.06 Å². The Labute approximate surface area is 81.3 Å². The fourth-order valence-corrected chi connectivity index (χ4v) is 2.16. The lowest BCUT2D eigenvalue weighted by molar-refractivity contribution is 0.491. The second kappa shape index (κ2) is 3.23. The third-order valence-electron chi connectivity index (χ3n) is 2.00. The molecule has 1 N–H and O–H groups in total. The van der Waals surface area contributed by atoms with Gasteiger partial charge in [-0.15, -0.1) is 0 Å². The number of aromatic hydroxyl groups is 1. The van der Waals surface area contributed by atoms with Crippen molar-refractivity contribution in [3.8, 4) is 15.5 Å². The summed E-state index contributed by atoms with van der Waals surface area (Å²) in [4.78, 5) is 1.12. The molecule has 66 valence electrons. The van der Waals surface area contributed by atoms with E-state index < -0.39 is 0 Å². The summed E-state index contributed by atoms with van der Waals surface area (Å²) in [6, 6.07) is 11.9. The van der Waals surface area contributed by atoms with Gasteiger partial charge in [0.2, 0.25) is 0 Å². The van der Waals surface area contributed by atoms with Crippen molar-refractivity contribution in [3.05, 3.63) is 42.0 Å². The SMILES string of the molecule is Cc1ccccc1-c1ccc(O)s1. The lowest BCUT2D eigenvalue weighted by Crippen LogP contribution is -1.76. The summed E-state index contributed by atoms with van der Waals surface area (Å²) in [7, 11) is 0. The van der Waals surface area contributed by atoms with E-state index in [2.05, 4.69) is 19.1 Å². The number of thiophene rings is 1. The highest BCUT2D eigenvalue weighted by Gasteiger charge is 2.03. The Morgan fingerprint density at radius 2 is 1.85 bits per heavy atom. The molecule has 13 heavy (non-hydrogen) atoms. The van der Waals surface area contributed by atoms with Gasteiger partial charge >= 0.3 is 0 Å². The fourth-order valence-electron chi connectivity index (χ4n) is 1.32. The Hall–Kier alpha value is -1.28. The van der Waals surface area contributed by atoms with E-state index in [0.29, 0.717) is 5.06 Å². The number of rotatable bonds is 1. The molecular formula is C11H10OS. The van der Waals surface area contributed by atoms with Crippen LogP contribution >= 0.6 is 11.3 Å². The first-order valence-corrected chi connectivity index (χ1v) is 4.94. The van der Waals surface area contributed by atoms with E-state index in [1.807, 2.05) is 18.2 Å². The summed E-state index contributed by atoms with van der Waals surface area (Å²) in [6.07, 6.45) is 0. The van der Waals surface area contributed by atoms with E-state index in [4.69, 9.17) is 0 Å². The Bertz CT molecular complexity index is 418. The Kier molecular flexibility index (Phi) is 2.07. The van der Waals surface area contributed by atoms with Crippen molar-refractivity contribution in [3.63, 3.8) is 0 Å². The number of aryl methyl sites for hydroxylation is 1. The lowest BCUT2D eigenvalue weighted by Gasteiger charge is -2.00. The van der Waals surface area contributed by atoms with E-state index >= 15 is 0 Å². The van der Waals surface area contributed by atoms with Crippen molar-refractivity contribution in [1.82, 2.24) is 0 Å². The Morgan fingerprint density at radius 1 is 1.08 bits per heavy atom. The van der Waals surface area contributed by atoms with Gasteiger partial charge in [0, 0.05) is 4.88 Å². The molecule has 1 aromatic heterocycles. The normalized spacial score (nSPS) is 10.2. The van der Waals surface area contributed by atoms with E-state index in [0.717, 1.165) is 4.88 Å². The van der Waals surface area contributed by atoms with E-state index in [-0.39, 0.29) is 0 Å². The van der Waals surface area contributed by atoms with Gasteiger partial charge in [-0.2, -0.15) is 0 Å². The van der Waals surface area contributed by atoms with Crippen LogP contribution in [0.15, 0.2) is 36.4 Å². The molecule has 0 saturated heterocycles. The smallest absolute Gasteiger partial charge is 0.171 e. The Morgan fingerprint density at radius 3 is 2.46 bits per heavy atom. The van der Waals surface area contributed by atoms with Crippen LogP contribution in [0.4, 0.5) is 0 Å². The van der Waals surface area contributed by atoms with Crippen LogP contribution in [0, 0.1) is 6.92 Å². The minimum Gasteiger partial charge on any atom is -0.499 e. The second-order valence-electron chi connectivity index (χ2n) is 2.95. The summed E-state index contributed by atoms with van der Waals surface area (Å²) in [5.74, 6) is 0. The third kappa shape index (κ3) is 1.58. The molecule has 0 unspecified atom stereocenters. The maximum atomic E-state index is 9.22. The fraction of sp³-hybridized carbons (Fsp3) is 0.0909. The number of benzene rings is 1. The van der Waals surface area contributed by atoms with Crippen molar-refractivity contribution in [2.45, 2.75) is 6.92 Å². The zero-order valence-electron chi connectivity index (χ0n) is 7.32. The molecule has 0 aliphatic rings. The first-order valence-electron chi connectivity index (χ1n) is 4.12. The van der Waals surface area contributed by atoms with Gasteiger partial charge in [0.15, 0.2) is 5.06 Å².